The molecule has 0 fully saturated rings. The summed E-state index contributed by atoms with van der Waals surface area (Å²) in [5.74, 6) is 0.450. The summed E-state index contributed by atoms with van der Waals surface area (Å²) < 4.78 is 5.09. The van der Waals surface area contributed by atoms with Crippen LogP contribution in [-0.2, 0) is 6.54 Å². The molecule has 1 amide bonds. The number of aryl methyl sites for hydroxylation is 1. The van der Waals surface area contributed by atoms with Gasteiger partial charge in [-0.2, -0.15) is 0 Å². The van der Waals surface area contributed by atoms with Crippen LogP contribution in [0.3, 0.4) is 0 Å². The average molecular weight is 305 g/mol. The van der Waals surface area contributed by atoms with Crippen LogP contribution in [0.25, 0.3) is 0 Å². The molecule has 3 N–H and O–H groups in total. The summed E-state index contributed by atoms with van der Waals surface area (Å²) in [6.07, 6.45) is 0. The van der Waals surface area contributed by atoms with Crippen molar-refractivity contribution in [2.24, 2.45) is 0 Å². The number of nitrogens with one attached hydrogen (secondary N) is 1. The first-order valence-corrected chi connectivity index (χ1v) is 6.85. The SMILES string of the molecule is COc1ccc(CNC(=O)c2cc(C)cc(Cl)c2)cc1N. The van der Waals surface area contributed by atoms with Crippen molar-refractivity contribution in [1.82, 2.24) is 5.32 Å². The van der Waals surface area contributed by atoms with E-state index in [1.807, 2.05) is 19.1 Å². The number of nitrogen functional groups attached to an aromatic ring is 1. The van der Waals surface area contributed by atoms with Gasteiger partial charge in [0.1, 0.15) is 5.75 Å². The average Bonchev–Trinajstić information content (AvgIpc) is 2.43. The fourth-order valence-electron chi connectivity index (χ4n) is 2.05. The molecule has 2 aromatic carbocycles. The molecule has 0 unspecified atom stereocenters. The van der Waals surface area contributed by atoms with E-state index < -0.39 is 0 Å². The molecule has 110 valence electrons. The zero-order valence-electron chi connectivity index (χ0n) is 11.9. The van der Waals surface area contributed by atoms with Gasteiger partial charge in [0.15, 0.2) is 0 Å². The largest absolute Gasteiger partial charge is 0.495 e. The zero-order valence-corrected chi connectivity index (χ0v) is 12.7. The Morgan fingerprint density at radius 2 is 2.05 bits per heavy atom. The van der Waals surface area contributed by atoms with Crippen molar-refractivity contribution in [1.29, 1.82) is 0 Å². The van der Waals surface area contributed by atoms with Gasteiger partial charge in [-0.05, 0) is 48.4 Å². The van der Waals surface area contributed by atoms with Crippen LogP contribution < -0.4 is 15.8 Å². The van der Waals surface area contributed by atoms with Gasteiger partial charge < -0.3 is 15.8 Å². The molecular weight excluding hydrogens is 288 g/mol. The Bertz CT molecular complexity index is 651. The summed E-state index contributed by atoms with van der Waals surface area (Å²) in [4.78, 5) is 12.1. The van der Waals surface area contributed by atoms with Crippen molar-refractivity contribution < 1.29 is 9.53 Å². The van der Waals surface area contributed by atoms with E-state index in [-0.39, 0.29) is 5.91 Å². The van der Waals surface area contributed by atoms with Crippen LogP contribution >= 0.6 is 11.6 Å². The summed E-state index contributed by atoms with van der Waals surface area (Å²) in [5.41, 5.74) is 8.77. The highest BCUT2D eigenvalue weighted by Gasteiger charge is 2.08. The number of anilines is 1. The van der Waals surface area contributed by atoms with Crippen molar-refractivity contribution in [3.05, 3.63) is 58.1 Å². The number of halogens is 1. The summed E-state index contributed by atoms with van der Waals surface area (Å²) >= 11 is 5.96. The number of hydrogen-bond donors (Lipinski definition) is 2. The Kier molecular flexibility index (Phi) is 4.70. The molecule has 0 heterocycles. The van der Waals surface area contributed by atoms with Gasteiger partial charge in [0, 0.05) is 17.1 Å². The summed E-state index contributed by atoms with van der Waals surface area (Å²) in [7, 11) is 1.56. The molecular formula is C16H17ClN2O2. The Morgan fingerprint density at radius 3 is 2.67 bits per heavy atom. The Labute approximate surface area is 128 Å². The first-order valence-electron chi connectivity index (χ1n) is 6.47. The number of amides is 1. The van der Waals surface area contributed by atoms with Gasteiger partial charge in [-0.15, -0.1) is 0 Å². The molecule has 0 aliphatic carbocycles. The molecule has 0 saturated carbocycles. The van der Waals surface area contributed by atoms with E-state index in [0.29, 0.717) is 28.6 Å². The number of hydrogen-bond acceptors (Lipinski definition) is 3. The fraction of sp³-hybridized carbons (Fsp3) is 0.188. The maximum atomic E-state index is 12.1. The predicted molar refractivity (Wildman–Crippen MR) is 84.8 cm³/mol. The van der Waals surface area contributed by atoms with Crippen LogP contribution in [0.1, 0.15) is 21.5 Å². The Hall–Kier alpha value is -2.20. The molecule has 0 aliphatic heterocycles. The van der Waals surface area contributed by atoms with Crippen molar-refractivity contribution in [3.63, 3.8) is 0 Å². The van der Waals surface area contributed by atoms with Crippen molar-refractivity contribution in [2.75, 3.05) is 12.8 Å². The van der Waals surface area contributed by atoms with E-state index in [0.717, 1.165) is 11.1 Å². The second kappa shape index (κ2) is 6.50. The number of rotatable bonds is 4. The van der Waals surface area contributed by atoms with Crippen LogP contribution in [0.5, 0.6) is 5.75 Å². The van der Waals surface area contributed by atoms with E-state index in [9.17, 15) is 4.79 Å². The normalized spacial score (nSPS) is 10.2. The minimum atomic E-state index is -0.171. The number of carbonyl (C=O) groups excluding carboxylic acids is 1. The summed E-state index contributed by atoms with van der Waals surface area (Å²) in [5, 5.41) is 3.39. The second-order valence-corrected chi connectivity index (χ2v) is 5.21. The van der Waals surface area contributed by atoms with Crippen LogP contribution in [0.4, 0.5) is 5.69 Å². The third-order valence-electron chi connectivity index (χ3n) is 3.05. The molecule has 5 heteroatoms. The maximum Gasteiger partial charge on any atom is 0.251 e. The number of methoxy groups -OCH3 is 1. The van der Waals surface area contributed by atoms with Gasteiger partial charge in [-0.1, -0.05) is 17.7 Å². The van der Waals surface area contributed by atoms with Crippen molar-refractivity contribution in [2.45, 2.75) is 13.5 Å². The lowest BCUT2D eigenvalue weighted by Gasteiger charge is -2.09. The highest BCUT2D eigenvalue weighted by molar-refractivity contribution is 6.31. The smallest absolute Gasteiger partial charge is 0.251 e. The topological polar surface area (TPSA) is 64.3 Å². The molecule has 21 heavy (non-hydrogen) atoms. The van der Waals surface area contributed by atoms with E-state index >= 15 is 0 Å². The number of carbonyl (C=O) groups is 1. The van der Waals surface area contributed by atoms with Crippen LogP contribution in [0.2, 0.25) is 5.02 Å². The van der Waals surface area contributed by atoms with E-state index in [1.54, 1.807) is 31.4 Å². The standard InChI is InChI=1S/C16H17ClN2O2/c1-10-5-12(8-13(17)6-10)16(20)19-9-11-3-4-15(21-2)14(18)7-11/h3-8H,9,18H2,1-2H3,(H,19,20). The molecule has 0 radical (unpaired) electrons. The third-order valence-corrected chi connectivity index (χ3v) is 3.27. The minimum absolute atomic E-state index is 0.171. The minimum Gasteiger partial charge on any atom is -0.495 e. The Balaban J connectivity index is 2.05. The van der Waals surface area contributed by atoms with Crippen LogP contribution in [-0.4, -0.2) is 13.0 Å². The summed E-state index contributed by atoms with van der Waals surface area (Å²) in [6, 6.07) is 10.7. The molecule has 2 rings (SSSR count). The highest BCUT2D eigenvalue weighted by atomic mass is 35.5. The molecule has 0 bridgehead atoms. The van der Waals surface area contributed by atoms with Gasteiger partial charge >= 0.3 is 0 Å². The van der Waals surface area contributed by atoms with Crippen LogP contribution in [0, 0.1) is 6.92 Å². The lowest BCUT2D eigenvalue weighted by molar-refractivity contribution is 0.0951. The number of benzene rings is 2. The maximum absolute atomic E-state index is 12.1. The molecule has 0 aromatic heterocycles. The van der Waals surface area contributed by atoms with Crippen molar-refractivity contribution >= 4 is 23.2 Å². The quantitative estimate of drug-likeness (QED) is 0.853. The third kappa shape index (κ3) is 3.89. The number of ether oxygens (including phenoxy) is 1. The lowest BCUT2D eigenvalue weighted by Crippen LogP contribution is -2.22. The van der Waals surface area contributed by atoms with Crippen molar-refractivity contribution in [3.8, 4) is 5.75 Å². The van der Waals surface area contributed by atoms with Crippen LogP contribution in [0.15, 0.2) is 36.4 Å². The van der Waals surface area contributed by atoms with Gasteiger partial charge in [0.25, 0.3) is 5.91 Å². The molecule has 0 aliphatic rings. The van der Waals surface area contributed by atoms with E-state index in [4.69, 9.17) is 22.1 Å². The lowest BCUT2D eigenvalue weighted by atomic mass is 10.1. The molecule has 0 spiro atoms. The van der Waals surface area contributed by atoms with E-state index in [2.05, 4.69) is 5.32 Å². The molecule has 0 atom stereocenters. The predicted octanol–water partition coefficient (Wildman–Crippen LogP) is 3.17. The monoisotopic (exact) mass is 304 g/mol. The fourth-order valence-corrected chi connectivity index (χ4v) is 2.34. The van der Waals surface area contributed by atoms with Gasteiger partial charge in [0.05, 0.1) is 12.8 Å². The van der Waals surface area contributed by atoms with Gasteiger partial charge in [-0.3, -0.25) is 4.79 Å². The van der Waals surface area contributed by atoms with Gasteiger partial charge in [-0.25, -0.2) is 0 Å². The molecule has 4 nitrogen and oxygen atoms in total. The zero-order chi connectivity index (χ0) is 15.4. The Morgan fingerprint density at radius 1 is 1.29 bits per heavy atom. The molecule has 0 saturated heterocycles. The number of nitrogens with two attached hydrogens (primary N) is 1. The summed E-state index contributed by atoms with van der Waals surface area (Å²) in [6.45, 7) is 2.28. The van der Waals surface area contributed by atoms with E-state index in [1.165, 1.54) is 0 Å². The molecule has 2 aromatic rings. The first-order chi connectivity index (χ1) is 9.99. The van der Waals surface area contributed by atoms with Gasteiger partial charge in [0.2, 0.25) is 0 Å². The highest BCUT2D eigenvalue weighted by Crippen LogP contribution is 2.22. The first kappa shape index (κ1) is 15.2. The second-order valence-electron chi connectivity index (χ2n) is 4.78.